The van der Waals surface area contributed by atoms with Gasteiger partial charge in [-0.3, -0.25) is 4.98 Å². The monoisotopic (exact) mass is 400 g/mol. The van der Waals surface area contributed by atoms with Crippen LogP contribution in [-0.2, 0) is 6.54 Å². The fourth-order valence-electron chi connectivity index (χ4n) is 2.98. The number of H-pyrrole nitrogens is 2. The van der Waals surface area contributed by atoms with E-state index in [1.54, 1.807) is 16.8 Å². The summed E-state index contributed by atoms with van der Waals surface area (Å²) < 4.78 is 1.56. The van der Waals surface area contributed by atoms with E-state index in [4.69, 9.17) is 7.85 Å². The van der Waals surface area contributed by atoms with Crippen molar-refractivity contribution in [3.8, 4) is 5.88 Å². The van der Waals surface area contributed by atoms with Crippen molar-refractivity contribution in [3.63, 3.8) is 0 Å². The van der Waals surface area contributed by atoms with E-state index < -0.39 is 5.69 Å². The molecule has 4 N–H and O–H groups in total. The van der Waals surface area contributed by atoms with Gasteiger partial charge in [-0.05, 0) is 24.5 Å². The Labute approximate surface area is 170 Å². The van der Waals surface area contributed by atoms with Gasteiger partial charge in [0, 0.05) is 11.8 Å². The second kappa shape index (κ2) is 7.18. The molecule has 0 saturated heterocycles. The number of aromatic hydroxyl groups is 1. The minimum atomic E-state index is -0.500. The molecule has 5 rings (SSSR count). The molecule has 0 aliphatic heterocycles. The highest BCUT2D eigenvalue weighted by molar-refractivity contribution is 6.32. The average molecular weight is 400 g/mol. The van der Waals surface area contributed by atoms with Crippen LogP contribution in [0.15, 0.2) is 40.2 Å². The first-order valence-electron chi connectivity index (χ1n) is 9.46. The molecule has 0 bridgehead atoms. The molecule has 1 fully saturated rings. The summed E-state index contributed by atoms with van der Waals surface area (Å²) in [5, 5.41) is 18.0. The van der Waals surface area contributed by atoms with E-state index in [2.05, 4.69) is 35.3 Å². The lowest BCUT2D eigenvalue weighted by Crippen LogP contribution is -2.24. The quantitative estimate of drug-likeness (QED) is 0.313. The minimum Gasteiger partial charge on any atom is -0.493 e. The zero-order valence-electron chi connectivity index (χ0n) is 15.8. The highest BCUT2D eigenvalue weighted by Gasteiger charge is 2.21. The smallest absolute Gasteiger partial charge is 0.326 e. The molecule has 11 heteroatoms. The first kappa shape index (κ1) is 18.2. The number of hydrogen-bond acceptors (Lipinski definition) is 7. The number of imidazole rings is 1. The fraction of sp³-hybridized carbons (Fsp3) is 0.211. The predicted octanol–water partition coefficient (Wildman–Crippen LogP) is -1.14. The van der Waals surface area contributed by atoms with Crippen LogP contribution in [0.3, 0.4) is 0 Å². The van der Waals surface area contributed by atoms with Crippen LogP contribution in [0, 0.1) is 0 Å². The van der Waals surface area contributed by atoms with Crippen molar-refractivity contribution in [1.29, 1.82) is 0 Å². The van der Waals surface area contributed by atoms with Gasteiger partial charge in [0.25, 0.3) is 5.62 Å². The number of anilines is 1. The Morgan fingerprint density at radius 2 is 2.07 bits per heavy atom. The number of rotatable bonds is 5. The van der Waals surface area contributed by atoms with Crippen molar-refractivity contribution < 1.29 is 5.11 Å². The van der Waals surface area contributed by atoms with Crippen LogP contribution in [0.5, 0.6) is 5.88 Å². The molecule has 3 aromatic heterocycles. The molecule has 3 heterocycles. The topological polar surface area (TPSA) is 136 Å². The molecular weight excluding hydrogens is 383 g/mol. The lowest BCUT2D eigenvalue weighted by atomic mass is 9.95. The summed E-state index contributed by atoms with van der Waals surface area (Å²) in [4.78, 5) is 29.9. The molecule has 1 aliphatic rings. The number of aromatic amines is 2. The van der Waals surface area contributed by atoms with Gasteiger partial charge in [-0.2, -0.15) is 19.6 Å². The Morgan fingerprint density at radius 1 is 1.27 bits per heavy atom. The van der Waals surface area contributed by atoms with Crippen LogP contribution in [0.2, 0.25) is 0 Å². The lowest BCUT2D eigenvalue weighted by molar-refractivity contribution is 0.454. The van der Waals surface area contributed by atoms with Gasteiger partial charge < -0.3 is 15.4 Å². The zero-order valence-corrected chi connectivity index (χ0v) is 15.8. The summed E-state index contributed by atoms with van der Waals surface area (Å²) in [5.41, 5.74) is 2.43. The second-order valence-corrected chi connectivity index (χ2v) is 7.12. The highest BCUT2D eigenvalue weighted by atomic mass is 16.3. The van der Waals surface area contributed by atoms with Crippen molar-refractivity contribution in [3.05, 3.63) is 63.0 Å². The number of nitrogens with zero attached hydrogens (tertiary/aromatic N) is 5. The molecule has 2 radical (unpaired) electrons. The largest absolute Gasteiger partial charge is 0.493 e. The average Bonchev–Trinajstić information content (AvgIpc) is 3.36. The van der Waals surface area contributed by atoms with E-state index in [0.29, 0.717) is 34.4 Å². The third-order valence-electron chi connectivity index (χ3n) is 4.69. The second-order valence-electron chi connectivity index (χ2n) is 7.12. The Kier molecular flexibility index (Phi) is 4.34. The number of aromatic nitrogens is 6. The summed E-state index contributed by atoms with van der Waals surface area (Å²) in [5.74, 6) is 0.152. The molecule has 0 spiro atoms. The molecule has 148 valence electrons. The normalized spacial score (nSPS) is 15.2. The Balaban J connectivity index is 1.58. The van der Waals surface area contributed by atoms with Crippen LogP contribution >= 0.6 is 0 Å². The number of nitrogens with one attached hydrogen (secondary N) is 3. The standard InChI is InChI=1S/C19H17BN8O2/c20-12-3-1-10(2-4-12)8-21-17-25-15-11(7-14-16(29)26-19(30)24-14)9-22-28(15)18(27-17)23-13-5-6-13/h1-4,7,9,13,29H,5-6,8H2,(H,21,23,27)(H2,24,26,30). The maximum Gasteiger partial charge on any atom is 0.326 e. The predicted molar refractivity (Wildman–Crippen MR) is 110 cm³/mol. The van der Waals surface area contributed by atoms with Gasteiger partial charge >= 0.3 is 5.69 Å². The van der Waals surface area contributed by atoms with Gasteiger partial charge in [-0.25, -0.2) is 9.79 Å². The molecule has 0 amide bonds. The van der Waals surface area contributed by atoms with E-state index in [1.165, 1.54) is 0 Å². The van der Waals surface area contributed by atoms with Gasteiger partial charge in [-0.1, -0.05) is 29.7 Å². The van der Waals surface area contributed by atoms with E-state index in [-0.39, 0.29) is 17.6 Å². The van der Waals surface area contributed by atoms with Gasteiger partial charge in [0.15, 0.2) is 5.65 Å². The number of fused-ring (bicyclic) bond motifs is 1. The molecular formula is C19H17BN8O2. The van der Waals surface area contributed by atoms with Gasteiger partial charge in [0.05, 0.1) is 12.2 Å². The van der Waals surface area contributed by atoms with E-state index >= 15 is 0 Å². The van der Waals surface area contributed by atoms with Crippen LogP contribution in [-0.4, -0.2) is 48.5 Å². The minimum absolute atomic E-state index is 0.241. The van der Waals surface area contributed by atoms with Crippen LogP contribution < -0.4 is 27.3 Å². The highest BCUT2D eigenvalue weighted by Crippen LogP contribution is 2.22. The number of hydrogen-bond donors (Lipinski definition) is 4. The Hall–Kier alpha value is -3.89. The molecule has 1 aliphatic carbocycles. The summed E-state index contributed by atoms with van der Waals surface area (Å²) >= 11 is 0. The summed E-state index contributed by atoms with van der Waals surface area (Å²) in [6.07, 6.45) is 5.23. The molecule has 4 aromatic rings. The van der Waals surface area contributed by atoms with Crippen molar-refractivity contribution in [1.82, 2.24) is 29.5 Å². The Bertz CT molecular complexity index is 1400. The number of benzene rings is 1. The van der Waals surface area contributed by atoms with Crippen molar-refractivity contribution in [2.45, 2.75) is 25.4 Å². The van der Waals surface area contributed by atoms with E-state index in [9.17, 15) is 9.90 Å². The Morgan fingerprint density at radius 3 is 2.77 bits per heavy atom. The molecule has 0 unspecified atom stereocenters. The maximum absolute atomic E-state index is 11.4. The van der Waals surface area contributed by atoms with Crippen LogP contribution in [0.25, 0.3) is 11.7 Å². The first-order valence-corrected chi connectivity index (χ1v) is 9.46. The van der Waals surface area contributed by atoms with Crippen molar-refractivity contribution >= 4 is 31.0 Å². The fourth-order valence-corrected chi connectivity index (χ4v) is 2.98. The molecule has 30 heavy (non-hydrogen) atoms. The molecule has 1 aromatic carbocycles. The van der Waals surface area contributed by atoms with Gasteiger partial charge in [-0.15, -0.1) is 0 Å². The van der Waals surface area contributed by atoms with Gasteiger partial charge in [0.1, 0.15) is 13.5 Å². The third kappa shape index (κ3) is 3.69. The SMILES string of the molecule is [B]c1ccc(CNc2nc(=NC3CC3)n3ncc(=Cc4[nH]c(=O)[nH]c4O)c3n2)cc1. The van der Waals surface area contributed by atoms with Crippen LogP contribution in [0.1, 0.15) is 24.1 Å². The molecule has 1 saturated carbocycles. The van der Waals surface area contributed by atoms with Crippen molar-refractivity contribution in [2.75, 3.05) is 5.32 Å². The maximum atomic E-state index is 11.4. The summed E-state index contributed by atoms with van der Waals surface area (Å²) in [7, 11) is 5.74. The third-order valence-corrected chi connectivity index (χ3v) is 4.69. The van der Waals surface area contributed by atoms with E-state index in [0.717, 1.165) is 18.4 Å². The van der Waals surface area contributed by atoms with E-state index in [1.807, 2.05) is 24.3 Å². The zero-order chi connectivity index (χ0) is 20.7. The molecule has 0 atom stereocenters. The van der Waals surface area contributed by atoms with Crippen molar-refractivity contribution in [2.24, 2.45) is 4.99 Å². The summed E-state index contributed by atoms with van der Waals surface area (Å²) in [6.45, 7) is 0.512. The summed E-state index contributed by atoms with van der Waals surface area (Å²) in [6, 6.07) is 7.78. The molecule has 10 nitrogen and oxygen atoms in total. The van der Waals surface area contributed by atoms with Gasteiger partial charge in [0.2, 0.25) is 11.8 Å². The van der Waals surface area contributed by atoms with Crippen LogP contribution in [0.4, 0.5) is 5.95 Å². The first-order chi connectivity index (χ1) is 14.5. The lowest BCUT2D eigenvalue weighted by Gasteiger charge is -2.06.